The van der Waals surface area contributed by atoms with Crippen molar-refractivity contribution in [3.05, 3.63) is 11.4 Å². The van der Waals surface area contributed by atoms with Crippen LogP contribution in [0.4, 0.5) is 5.95 Å². The Morgan fingerprint density at radius 1 is 1.05 bits per heavy atom. The second-order valence-corrected chi connectivity index (χ2v) is 5.86. The molecule has 1 aliphatic rings. The van der Waals surface area contributed by atoms with Crippen LogP contribution in [0.5, 0.6) is 0 Å². The first-order chi connectivity index (χ1) is 8.85. The standard InChI is InChI=1S/C13H23N5O/c1-10-11(2)15-16-12(14-10)18-7-5-17(6-8-18)9-13(3,4)19/h19H,5-9H2,1-4H3. The number of nitrogens with zero attached hydrogens (tertiary/aromatic N) is 5. The molecule has 0 unspecified atom stereocenters. The molecule has 0 aromatic carbocycles. The Bertz CT molecular complexity index is 435. The number of β-amino-alcohol motifs (C(OH)–C–C–N with tert-alkyl or cyclic N) is 1. The predicted molar refractivity (Wildman–Crippen MR) is 74.3 cm³/mol. The topological polar surface area (TPSA) is 65.4 Å². The maximum Gasteiger partial charge on any atom is 0.245 e. The molecule has 0 atom stereocenters. The van der Waals surface area contributed by atoms with E-state index in [0.29, 0.717) is 12.5 Å². The van der Waals surface area contributed by atoms with Gasteiger partial charge in [0.05, 0.1) is 17.0 Å². The van der Waals surface area contributed by atoms with Gasteiger partial charge in [-0.15, -0.1) is 5.10 Å². The number of piperazine rings is 1. The van der Waals surface area contributed by atoms with Gasteiger partial charge in [0.15, 0.2) is 0 Å². The molecule has 0 amide bonds. The number of aryl methyl sites for hydroxylation is 2. The van der Waals surface area contributed by atoms with E-state index in [9.17, 15) is 5.11 Å². The van der Waals surface area contributed by atoms with Gasteiger partial charge in [0.1, 0.15) is 0 Å². The highest BCUT2D eigenvalue weighted by molar-refractivity contribution is 5.30. The lowest BCUT2D eigenvalue weighted by Gasteiger charge is -2.37. The molecule has 0 aliphatic carbocycles. The first kappa shape index (κ1) is 14.1. The third-order valence-electron chi connectivity index (χ3n) is 3.35. The van der Waals surface area contributed by atoms with Crippen LogP contribution in [0.25, 0.3) is 0 Å². The van der Waals surface area contributed by atoms with Crippen LogP contribution in [-0.2, 0) is 0 Å². The summed E-state index contributed by atoms with van der Waals surface area (Å²) in [5.74, 6) is 0.714. The van der Waals surface area contributed by atoms with Gasteiger partial charge in [-0.2, -0.15) is 5.10 Å². The van der Waals surface area contributed by atoms with E-state index in [4.69, 9.17) is 0 Å². The molecule has 1 aromatic rings. The van der Waals surface area contributed by atoms with Crippen molar-refractivity contribution in [1.82, 2.24) is 20.1 Å². The number of aromatic nitrogens is 3. The quantitative estimate of drug-likeness (QED) is 0.852. The van der Waals surface area contributed by atoms with E-state index in [1.54, 1.807) is 0 Å². The molecule has 1 aromatic heterocycles. The summed E-state index contributed by atoms with van der Waals surface area (Å²) in [7, 11) is 0. The Morgan fingerprint density at radius 2 is 1.68 bits per heavy atom. The monoisotopic (exact) mass is 265 g/mol. The summed E-state index contributed by atoms with van der Waals surface area (Å²) in [4.78, 5) is 8.90. The Hall–Kier alpha value is -1.27. The molecule has 0 bridgehead atoms. The third-order valence-corrected chi connectivity index (χ3v) is 3.35. The molecule has 6 nitrogen and oxygen atoms in total. The first-order valence-electron chi connectivity index (χ1n) is 6.73. The molecule has 1 N–H and O–H groups in total. The lowest BCUT2D eigenvalue weighted by Crippen LogP contribution is -2.51. The van der Waals surface area contributed by atoms with Crippen molar-refractivity contribution in [2.24, 2.45) is 0 Å². The van der Waals surface area contributed by atoms with Crippen molar-refractivity contribution in [1.29, 1.82) is 0 Å². The molecule has 0 saturated carbocycles. The van der Waals surface area contributed by atoms with Crippen molar-refractivity contribution < 1.29 is 5.11 Å². The zero-order valence-corrected chi connectivity index (χ0v) is 12.2. The molecule has 0 radical (unpaired) electrons. The van der Waals surface area contributed by atoms with Gasteiger partial charge in [0, 0.05) is 32.7 Å². The van der Waals surface area contributed by atoms with Gasteiger partial charge < -0.3 is 10.0 Å². The molecular weight excluding hydrogens is 242 g/mol. The summed E-state index contributed by atoms with van der Waals surface area (Å²) < 4.78 is 0. The second kappa shape index (κ2) is 5.38. The minimum atomic E-state index is -0.638. The average molecular weight is 265 g/mol. The van der Waals surface area contributed by atoms with E-state index in [-0.39, 0.29) is 0 Å². The summed E-state index contributed by atoms with van der Waals surface area (Å²) in [6.45, 7) is 11.8. The largest absolute Gasteiger partial charge is 0.389 e. The summed E-state index contributed by atoms with van der Waals surface area (Å²) >= 11 is 0. The fourth-order valence-corrected chi connectivity index (χ4v) is 2.23. The van der Waals surface area contributed by atoms with Crippen molar-refractivity contribution in [3.8, 4) is 0 Å². The number of rotatable bonds is 3. The normalized spacial score (nSPS) is 17.8. The second-order valence-electron chi connectivity index (χ2n) is 5.86. The van der Waals surface area contributed by atoms with Gasteiger partial charge in [0.2, 0.25) is 5.95 Å². The van der Waals surface area contributed by atoms with Crippen molar-refractivity contribution >= 4 is 5.95 Å². The molecule has 19 heavy (non-hydrogen) atoms. The van der Waals surface area contributed by atoms with Crippen LogP contribution in [0.2, 0.25) is 0 Å². The van der Waals surface area contributed by atoms with Gasteiger partial charge >= 0.3 is 0 Å². The SMILES string of the molecule is Cc1nnc(N2CCN(CC(C)(C)O)CC2)nc1C. The van der Waals surface area contributed by atoms with Crippen molar-refractivity contribution in [2.45, 2.75) is 33.3 Å². The minimum absolute atomic E-state index is 0.638. The highest BCUT2D eigenvalue weighted by Crippen LogP contribution is 2.13. The lowest BCUT2D eigenvalue weighted by atomic mass is 10.1. The van der Waals surface area contributed by atoms with Crippen LogP contribution < -0.4 is 4.90 Å². The molecule has 6 heteroatoms. The number of aliphatic hydroxyl groups is 1. The van der Waals surface area contributed by atoms with E-state index in [2.05, 4.69) is 25.0 Å². The van der Waals surface area contributed by atoms with Crippen LogP contribution in [0.3, 0.4) is 0 Å². The van der Waals surface area contributed by atoms with Gasteiger partial charge in [0.25, 0.3) is 0 Å². The minimum Gasteiger partial charge on any atom is -0.389 e. The number of hydrogen-bond donors (Lipinski definition) is 1. The van der Waals surface area contributed by atoms with Crippen LogP contribution in [0.1, 0.15) is 25.2 Å². The first-order valence-corrected chi connectivity index (χ1v) is 6.73. The van der Waals surface area contributed by atoms with Crippen LogP contribution >= 0.6 is 0 Å². The van der Waals surface area contributed by atoms with Crippen molar-refractivity contribution in [2.75, 3.05) is 37.6 Å². The van der Waals surface area contributed by atoms with Gasteiger partial charge in [-0.3, -0.25) is 4.90 Å². The summed E-state index contributed by atoms with van der Waals surface area (Å²) in [6.07, 6.45) is 0. The van der Waals surface area contributed by atoms with E-state index in [1.807, 2.05) is 27.7 Å². The number of hydrogen-bond acceptors (Lipinski definition) is 6. The zero-order valence-electron chi connectivity index (χ0n) is 12.2. The number of anilines is 1. The van der Waals surface area contributed by atoms with E-state index >= 15 is 0 Å². The summed E-state index contributed by atoms with van der Waals surface area (Å²) in [5, 5.41) is 18.1. The van der Waals surface area contributed by atoms with Gasteiger partial charge in [-0.1, -0.05) is 0 Å². The molecule has 2 rings (SSSR count). The highest BCUT2D eigenvalue weighted by Gasteiger charge is 2.24. The van der Waals surface area contributed by atoms with E-state index in [1.165, 1.54) is 0 Å². The molecule has 2 heterocycles. The smallest absolute Gasteiger partial charge is 0.245 e. The lowest BCUT2D eigenvalue weighted by molar-refractivity contribution is 0.0344. The van der Waals surface area contributed by atoms with Crippen LogP contribution in [0, 0.1) is 13.8 Å². The molecule has 1 aliphatic heterocycles. The zero-order chi connectivity index (χ0) is 14.0. The Kier molecular flexibility index (Phi) is 4.01. The van der Waals surface area contributed by atoms with Gasteiger partial charge in [-0.25, -0.2) is 4.98 Å². The maximum atomic E-state index is 9.83. The Morgan fingerprint density at radius 3 is 2.21 bits per heavy atom. The van der Waals surface area contributed by atoms with Crippen LogP contribution in [-0.4, -0.2) is 63.5 Å². The highest BCUT2D eigenvalue weighted by atomic mass is 16.3. The summed E-state index contributed by atoms with van der Waals surface area (Å²) in [5.41, 5.74) is 1.18. The van der Waals surface area contributed by atoms with Crippen molar-refractivity contribution in [3.63, 3.8) is 0 Å². The van der Waals surface area contributed by atoms with E-state index < -0.39 is 5.60 Å². The van der Waals surface area contributed by atoms with Crippen LogP contribution in [0.15, 0.2) is 0 Å². The fourth-order valence-electron chi connectivity index (χ4n) is 2.23. The molecule has 106 valence electrons. The third kappa shape index (κ3) is 3.84. The predicted octanol–water partition coefficient (Wildman–Crippen LogP) is 0.381. The molecule has 1 saturated heterocycles. The Balaban J connectivity index is 1.94. The Labute approximate surface area is 114 Å². The molecule has 0 spiro atoms. The maximum absolute atomic E-state index is 9.83. The fraction of sp³-hybridized carbons (Fsp3) is 0.769. The average Bonchev–Trinajstić information content (AvgIpc) is 2.32. The summed E-state index contributed by atoms with van der Waals surface area (Å²) in [6, 6.07) is 0. The molecular formula is C13H23N5O. The molecule has 1 fully saturated rings. The van der Waals surface area contributed by atoms with Gasteiger partial charge in [-0.05, 0) is 27.7 Å². The van der Waals surface area contributed by atoms with E-state index in [0.717, 1.165) is 37.6 Å².